The van der Waals surface area contributed by atoms with E-state index in [1.807, 2.05) is 0 Å². The topological polar surface area (TPSA) is 119 Å². The van der Waals surface area contributed by atoms with Crippen molar-refractivity contribution in [1.82, 2.24) is 4.37 Å². The van der Waals surface area contributed by atoms with Gasteiger partial charge in [0.1, 0.15) is 17.7 Å². The summed E-state index contributed by atoms with van der Waals surface area (Å²) in [6.07, 6.45) is -4.59. The van der Waals surface area contributed by atoms with E-state index in [0.29, 0.717) is 10.9 Å². The molecule has 1 N–H and O–H groups in total. The predicted octanol–water partition coefficient (Wildman–Crippen LogP) is 3.06. The number of hydrogen-bond donors (Lipinski definition) is 1. The van der Waals surface area contributed by atoms with Gasteiger partial charge in [-0.05, 0) is 36.7 Å². The Kier molecular flexibility index (Phi) is 5.30. The van der Waals surface area contributed by atoms with Gasteiger partial charge in [-0.2, -0.15) is 33.2 Å². The van der Waals surface area contributed by atoms with Gasteiger partial charge in [-0.1, -0.05) is 6.07 Å². The molecular formula is C14H8F3N5O2S2. The Labute approximate surface area is 150 Å². The van der Waals surface area contributed by atoms with Crippen molar-refractivity contribution in [2.45, 2.75) is 18.1 Å². The Morgan fingerprint density at radius 1 is 1.35 bits per heavy atom. The zero-order valence-corrected chi connectivity index (χ0v) is 14.5. The molecule has 0 amide bonds. The molecule has 12 heteroatoms. The summed E-state index contributed by atoms with van der Waals surface area (Å²) in [6, 6.07) is 6.88. The van der Waals surface area contributed by atoms with Crippen LogP contribution >= 0.6 is 11.5 Å². The third-order valence-electron chi connectivity index (χ3n) is 3.02. The lowest BCUT2D eigenvalue weighted by Crippen LogP contribution is -2.16. The smallest absolute Gasteiger partial charge is 0.277 e. The quantitative estimate of drug-likeness (QED) is 0.481. The Balaban J connectivity index is 2.40. The van der Waals surface area contributed by atoms with E-state index in [1.165, 1.54) is 19.1 Å². The number of anilines is 1. The Bertz CT molecular complexity index is 1060. The first-order valence-corrected chi connectivity index (χ1v) is 8.89. The molecule has 0 saturated heterocycles. The van der Waals surface area contributed by atoms with Crippen LogP contribution in [0.4, 0.5) is 18.9 Å². The molecule has 0 spiro atoms. The van der Waals surface area contributed by atoms with E-state index in [-0.39, 0.29) is 11.3 Å². The molecule has 0 fully saturated rings. The van der Waals surface area contributed by atoms with Crippen LogP contribution in [0.5, 0.6) is 0 Å². The maximum absolute atomic E-state index is 12.7. The highest BCUT2D eigenvalue weighted by Gasteiger charge is 2.31. The molecule has 1 aromatic carbocycles. The molecule has 0 atom stereocenters. The summed E-state index contributed by atoms with van der Waals surface area (Å²) < 4.78 is 66.5. The van der Waals surface area contributed by atoms with Crippen molar-refractivity contribution < 1.29 is 21.6 Å². The number of benzene rings is 1. The summed E-state index contributed by atoms with van der Waals surface area (Å²) in [7, 11) is -4.50. The van der Waals surface area contributed by atoms with Crippen molar-refractivity contribution in [3.63, 3.8) is 0 Å². The first-order valence-electron chi connectivity index (χ1n) is 6.63. The maximum atomic E-state index is 12.7. The summed E-state index contributed by atoms with van der Waals surface area (Å²) in [5, 5.41) is 19.8. The van der Waals surface area contributed by atoms with Crippen molar-refractivity contribution in [2.75, 3.05) is 5.43 Å². The van der Waals surface area contributed by atoms with Gasteiger partial charge in [0.15, 0.2) is 5.03 Å². The van der Waals surface area contributed by atoms with E-state index < -0.39 is 31.6 Å². The zero-order valence-electron chi connectivity index (χ0n) is 12.9. The SMILES string of the molecule is Cc1snc(S(=O)(=O)/C(C#N)=N\Nc2cccc(C(F)(F)F)c2)c1C#N. The number of hydrazone groups is 1. The maximum Gasteiger partial charge on any atom is 0.416 e. The average molecular weight is 399 g/mol. The largest absolute Gasteiger partial charge is 0.416 e. The fourth-order valence-electron chi connectivity index (χ4n) is 1.78. The van der Waals surface area contributed by atoms with Crippen LogP contribution in [-0.4, -0.2) is 17.8 Å². The van der Waals surface area contributed by atoms with Gasteiger partial charge >= 0.3 is 6.18 Å². The second-order valence-corrected chi connectivity index (χ2v) is 7.51. The molecule has 0 aliphatic rings. The van der Waals surface area contributed by atoms with Crippen LogP contribution in [0.25, 0.3) is 0 Å². The molecule has 0 radical (unpaired) electrons. The van der Waals surface area contributed by atoms with Gasteiger partial charge in [0, 0.05) is 4.88 Å². The van der Waals surface area contributed by atoms with Gasteiger partial charge in [-0.25, -0.2) is 8.42 Å². The van der Waals surface area contributed by atoms with Crippen molar-refractivity contribution >= 4 is 32.1 Å². The summed E-state index contributed by atoms with van der Waals surface area (Å²) in [6.45, 7) is 1.49. The second kappa shape index (κ2) is 7.11. The van der Waals surface area contributed by atoms with Crippen LogP contribution in [0.15, 0.2) is 34.4 Å². The Morgan fingerprint density at radius 2 is 2.04 bits per heavy atom. The highest BCUT2D eigenvalue weighted by molar-refractivity contribution is 8.07. The molecule has 2 rings (SSSR count). The first kappa shape index (κ1) is 19.4. The van der Waals surface area contributed by atoms with E-state index in [4.69, 9.17) is 10.5 Å². The summed E-state index contributed by atoms with van der Waals surface area (Å²) in [5.41, 5.74) is 0.756. The van der Waals surface area contributed by atoms with Crippen LogP contribution in [0, 0.1) is 29.6 Å². The second-order valence-electron chi connectivity index (χ2n) is 4.75. The summed E-state index contributed by atoms with van der Waals surface area (Å²) in [5.74, 6) is 0. The van der Waals surface area contributed by atoms with Gasteiger partial charge in [-0.3, -0.25) is 5.43 Å². The minimum atomic E-state index is -4.59. The first-order chi connectivity index (χ1) is 12.1. The molecule has 134 valence electrons. The van der Waals surface area contributed by atoms with Gasteiger partial charge in [0.25, 0.3) is 14.9 Å². The van der Waals surface area contributed by atoms with Crippen molar-refractivity contribution in [2.24, 2.45) is 5.10 Å². The van der Waals surface area contributed by atoms with Gasteiger partial charge in [0.2, 0.25) is 0 Å². The number of sulfone groups is 1. The van der Waals surface area contributed by atoms with Crippen molar-refractivity contribution in [3.8, 4) is 12.1 Å². The van der Waals surface area contributed by atoms with Crippen LogP contribution in [-0.2, 0) is 16.0 Å². The van der Waals surface area contributed by atoms with Gasteiger partial charge < -0.3 is 0 Å². The van der Waals surface area contributed by atoms with Crippen LogP contribution in [0.3, 0.4) is 0 Å². The van der Waals surface area contributed by atoms with Crippen molar-refractivity contribution in [1.29, 1.82) is 10.5 Å². The lowest BCUT2D eigenvalue weighted by molar-refractivity contribution is -0.137. The number of alkyl halides is 3. The molecule has 26 heavy (non-hydrogen) atoms. The fraction of sp³-hybridized carbons (Fsp3) is 0.143. The van der Waals surface area contributed by atoms with E-state index in [0.717, 1.165) is 23.7 Å². The standard InChI is InChI=1S/C14H8F3N5O2S2/c1-8-11(6-18)13(22-25-8)26(23,24)12(7-19)21-20-10-4-2-3-9(5-10)14(15,16)17/h2-5,20H,1H3/b21-12-. The third-order valence-corrected chi connectivity index (χ3v) is 5.39. The molecule has 1 heterocycles. The normalized spacial score (nSPS) is 12.3. The summed E-state index contributed by atoms with van der Waals surface area (Å²) in [4.78, 5) is 0.342. The molecule has 1 aromatic heterocycles. The molecule has 0 aliphatic carbocycles. The van der Waals surface area contributed by atoms with Crippen LogP contribution in [0.1, 0.15) is 16.0 Å². The lowest BCUT2D eigenvalue weighted by atomic mass is 10.2. The minimum Gasteiger partial charge on any atom is -0.277 e. The Hall–Kier alpha value is -2.96. The number of nitrogens with zero attached hydrogens (tertiary/aromatic N) is 4. The molecule has 0 aliphatic heterocycles. The number of hydrogen-bond acceptors (Lipinski definition) is 8. The lowest BCUT2D eigenvalue weighted by Gasteiger charge is -2.08. The molecular weight excluding hydrogens is 391 g/mol. The number of nitriles is 2. The molecule has 0 saturated carbocycles. The number of aryl methyl sites for hydroxylation is 1. The number of nitrogens with one attached hydrogen (secondary N) is 1. The monoisotopic (exact) mass is 399 g/mol. The van der Waals surface area contributed by atoms with E-state index >= 15 is 0 Å². The highest BCUT2D eigenvalue weighted by Crippen LogP contribution is 2.30. The fourth-order valence-corrected chi connectivity index (χ4v) is 3.83. The minimum absolute atomic E-state index is 0.169. The van der Waals surface area contributed by atoms with E-state index in [9.17, 15) is 21.6 Å². The summed E-state index contributed by atoms with van der Waals surface area (Å²) >= 11 is 0.768. The van der Waals surface area contributed by atoms with Crippen LogP contribution in [0.2, 0.25) is 0 Å². The van der Waals surface area contributed by atoms with Crippen molar-refractivity contribution in [3.05, 3.63) is 40.3 Å². The van der Waals surface area contributed by atoms with E-state index in [1.54, 1.807) is 6.07 Å². The van der Waals surface area contributed by atoms with Gasteiger partial charge in [0.05, 0.1) is 11.3 Å². The third kappa shape index (κ3) is 3.82. The Morgan fingerprint density at radius 3 is 2.62 bits per heavy atom. The molecule has 7 nitrogen and oxygen atoms in total. The molecule has 0 bridgehead atoms. The van der Waals surface area contributed by atoms with E-state index in [2.05, 4.69) is 14.9 Å². The van der Waals surface area contributed by atoms with Gasteiger partial charge in [-0.15, -0.1) is 0 Å². The van der Waals surface area contributed by atoms with Crippen LogP contribution < -0.4 is 5.43 Å². The molecule has 0 unspecified atom stereocenters. The average Bonchev–Trinajstić information content (AvgIpc) is 2.96. The predicted molar refractivity (Wildman–Crippen MR) is 86.9 cm³/mol. The zero-order chi connectivity index (χ0) is 19.5. The number of halogens is 3. The number of aromatic nitrogens is 1. The number of rotatable bonds is 3. The highest BCUT2D eigenvalue weighted by atomic mass is 32.2. The molecule has 2 aromatic rings.